The molecular formula is C14H10Cl2N4O3. The van der Waals surface area contributed by atoms with Crippen molar-refractivity contribution in [2.24, 2.45) is 7.05 Å². The maximum Gasteiger partial charge on any atom is 0.329 e. The standard InChI is InChI=1S/C14H10Cl2N4O3/c1-19-12-11(13(22)18-14(19)23)20(6-17-12)5-10(21)7-2-3-8(15)9(16)4-7/h2-4,6H,5H2,1H3,(H,18,22,23). The Morgan fingerprint density at radius 2 is 2.00 bits per heavy atom. The number of aromatic nitrogens is 4. The number of imidazole rings is 1. The predicted molar refractivity (Wildman–Crippen MR) is 86.4 cm³/mol. The lowest BCUT2D eigenvalue weighted by atomic mass is 10.1. The molecule has 0 radical (unpaired) electrons. The van der Waals surface area contributed by atoms with Crippen LogP contribution >= 0.6 is 23.2 Å². The highest BCUT2D eigenvalue weighted by atomic mass is 35.5. The number of aromatic amines is 1. The monoisotopic (exact) mass is 352 g/mol. The first-order chi connectivity index (χ1) is 10.9. The highest BCUT2D eigenvalue weighted by molar-refractivity contribution is 6.42. The predicted octanol–water partition coefficient (Wildman–Crippen LogP) is 1.61. The van der Waals surface area contributed by atoms with Gasteiger partial charge in [-0.05, 0) is 18.2 Å². The van der Waals surface area contributed by atoms with Crippen LogP contribution < -0.4 is 11.2 Å². The van der Waals surface area contributed by atoms with Crippen LogP contribution in [0, 0.1) is 0 Å². The molecule has 0 spiro atoms. The molecule has 0 atom stereocenters. The van der Waals surface area contributed by atoms with E-state index in [1.165, 1.54) is 34.6 Å². The zero-order valence-corrected chi connectivity index (χ0v) is 13.4. The summed E-state index contributed by atoms with van der Waals surface area (Å²) in [7, 11) is 1.48. The average molecular weight is 353 g/mol. The van der Waals surface area contributed by atoms with E-state index >= 15 is 0 Å². The van der Waals surface area contributed by atoms with Gasteiger partial charge in [0, 0.05) is 12.6 Å². The molecule has 1 N–H and O–H groups in total. The smallest absolute Gasteiger partial charge is 0.317 e. The normalized spacial score (nSPS) is 11.1. The van der Waals surface area contributed by atoms with Crippen molar-refractivity contribution in [1.82, 2.24) is 19.1 Å². The number of ketones is 1. The minimum Gasteiger partial charge on any atom is -0.317 e. The van der Waals surface area contributed by atoms with Crippen molar-refractivity contribution in [2.75, 3.05) is 0 Å². The van der Waals surface area contributed by atoms with Crippen LogP contribution in [0.2, 0.25) is 10.0 Å². The van der Waals surface area contributed by atoms with Crippen molar-refractivity contribution in [3.63, 3.8) is 0 Å². The van der Waals surface area contributed by atoms with E-state index < -0.39 is 11.2 Å². The van der Waals surface area contributed by atoms with Crippen molar-refractivity contribution in [3.05, 3.63) is 61.0 Å². The van der Waals surface area contributed by atoms with E-state index in [1.54, 1.807) is 6.07 Å². The Kier molecular flexibility index (Phi) is 3.83. The third kappa shape index (κ3) is 2.69. The van der Waals surface area contributed by atoms with Crippen LogP contribution in [0.1, 0.15) is 10.4 Å². The van der Waals surface area contributed by atoms with Crippen molar-refractivity contribution in [1.29, 1.82) is 0 Å². The van der Waals surface area contributed by atoms with Crippen molar-refractivity contribution >= 4 is 40.1 Å². The first kappa shape index (κ1) is 15.5. The Labute approximate surface area is 139 Å². The van der Waals surface area contributed by atoms with Gasteiger partial charge in [-0.2, -0.15) is 0 Å². The summed E-state index contributed by atoms with van der Waals surface area (Å²) in [5.74, 6) is -0.267. The van der Waals surface area contributed by atoms with E-state index in [4.69, 9.17) is 23.2 Å². The Morgan fingerprint density at radius 1 is 1.26 bits per heavy atom. The minimum absolute atomic E-state index is 0.115. The molecule has 23 heavy (non-hydrogen) atoms. The van der Waals surface area contributed by atoms with Crippen LogP contribution in [0.4, 0.5) is 0 Å². The second-order valence-corrected chi connectivity index (χ2v) is 5.73. The molecule has 0 fully saturated rings. The number of Topliss-reactive ketones (excluding diaryl/α,β-unsaturated/α-hetero) is 1. The fraction of sp³-hybridized carbons (Fsp3) is 0.143. The molecule has 0 amide bonds. The van der Waals surface area contributed by atoms with Gasteiger partial charge in [-0.3, -0.25) is 19.1 Å². The van der Waals surface area contributed by atoms with E-state index in [2.05, 4.69) is 9.97 Å². The summed E-state index contributed by atoms with van der Waals surface area (Å²) < 4.78 is 2.59. The summed E-state index contributed by atoms with van der Waals surface area (Å²) in [5, 5.41) is 0.621. The summed E-state index contributed by atoms with van der Waals surface area (Å²) in [5.41, 5.74) is -0.435. The summed E-state index contributed by atoms with van der Waals surface area (Å²) in [6.45, 7) is -0.115. The van der Waals surface area contributed by atoms with Crippen LogP contribution in [0.25, 0.3) is 11.2 Å². The minimum atomic E-state index is -0.595. The number of aryl methyl sites for hydroxylation is 1. The van der Waals surface area contributed by atoms with Gasteiger partial charge in [0.1, 0.15) is 0 Å². The largest absolute Gasteiger partial charge is 0.329 e. The third-order valence-corrected chi connectivity index (χ3v) is 4.17. The summed E-state index contributed by atoms with van der Waals surface area (Å²) in [4.78, 5) is 42.1. The molecule has 3 aromatic rings. The van der Waals surface area contributed by atoms with Crippen molar-refractivity contribution in [2.45, 2.75) is 6.54 Å². The first-order valence-corrected chi connectivity index (χ1v) is 7.26. The molecule has 3 rings (SSSR count). The molecular weight excluding hydrogens is 343 g/mol. The Balaban J connectivity index is 2.03. The van der Waals surface area contributed by atoms with Crippen LogP contribution in [-0.2, 0) is 13.6 Å². The van der Waals surface area contributed by atoms with Crippen molar-refractivity contribution < 1.29 is 4.79 Å². The quantitative estimate of drug-likeness (QED) is 0.725. The molecule has 7 nitrogen and oxygen atoms in total. The molecule has 1 aromatic carbocycles. The molecule has 0 bridgehead atoms. The fourth-order valence-electron chi connectivity index (χ4n) is 2.22. The number of H-pyrrole nitrogens is 1. The average Bonchev–Trinajstić information content (AvgIpc) is 2.92. The number of fused-ring (bicyclic) bond motifs is 1. The van der Waals surface area contributed by atoms with Crippen LogP contribution in [0.3, 0.4) is 0 Å². The fourth-order valence-corrected chi connectivity index (χ4v) is 2.52. The number of hydrogen-bond acceptors (Lipinski definition) is 4. The second-order valence-electron chi connectivity index (χ2n) is 4.92. The maximum absolute atomic E-state index is 12.4. The van der Waals surface area contributed by atoms with Crippen LogP contribution in [-0.4, -0.2) is 24.9 Å². The highest BCUT2D eigenvalue weighted by Crippen LogP contribution is 2.23. The molecule has 0 saturated carbocycles. The van der Waals surface area contributed by atoms with Gasteiger partial charge in [-0.1, -0.05) is 23.2 Å². The lowest BCUT2D eigenvalue weighted by Crippen LogP contribution is -2.29. The van der Waals surface area contributed by atoms with Crippen molar-refractivity contribution in [3.8, 4) is 0 Å². The molecule has 118 valence electrons. The van der Waals surface area contributed by atoms with Gasteiger partial charge in [-0.15, -0.1) is 0 Å². The molecule has 2 aromatic heterocycles. The van der Waals surface area contributed by atoms with Crippen LogP contribution in [0.5, 0.6) is 0 Å². The van der Waals surface area contributed by atoms with E-state index in [0.717, 1.165) is 0 Å². The van der Waals surface area contributed by atoms with Gasteiger partial charge in [0.15, 0.2) is 16.9 Å². The molecule has 9 heteroatoms. The zero-order valence-electron chi connectivity index (χ0n) is 11.8. The number of nitrogens with zero attached hydrogens (tertiary/aromatic N) is 3. The van der Waals surface area contributed by atoms with E-state index in [1.807, 2.05) is 0 Å². The van der Waals surface area contributed by atoms with Gasteiger partial charge >= 0.3 is 5.69 Å². The molecule has 2 heterocycles. The number of nitrogens with one attached hydrogen (secondary N) is 1. The van der Waals surface area contributed by atoms with E-state index in [0.29, 0.717) is 10.6 Å². The summed E-state index contributed by atoms with van der Waals surface area (Å²) in [6, 6.07) is 4.54. The van der Waals surface area contributed by atoms with Crippen LogP contribution in [0.15, 0.2) is 34.1 Å². The summed E-state index contributed by atoms with van der Waals surface area (Å²) in [6.07, 6.45) is 1.34. The highest BCUT2D eigenvalue weighted by Gasteiger charge is 2.15. The topological polar surface area (TPSA) is 89.8 Å². The van der Waals surface area contributed by atoms with Gasteiger partial charge in [0.25, 0.3) is 5.56 Å². The Morgan fingerprint density at radius 3 is 2.70 bits per heavy atom. The molecule has 0 aliphatic carbocycles. The maximum atomic E-state index is 12.4. The lowest BCUT2D eigenvalue weighted by Gasteiger charge is -2.05. The molecule has 0 unspecified atom stereocenters. The van der Waals surface area contributed by atoms with Gasteiger partial charge in [-0.25, -0.2) is 9.78 Å². The van der Waals surface area contributed by atoms with Gasteiger partial charge < -0.3 is 4.57 Å². The van der Waals surface area contributed by atoms with E-state index in [9.17, 15) is 14.4 Å². The lowest BCUT2D eigenvalue weighted by molar-refractivity contribution is 0.0973. The van der Waals surface area contributed by atoms with Gasteiger partial charge in [0.05, 0.1) is 22.9 Å². The third-order valence-electron chi connectivity index (χ3n) is 3.43. The SMILES string of the molecule is Cn1c(=O)[nH]c(=O)c2c1ncn2CC(=O)c1ccc(Cl)c(Cl)c1. The number of carbonyl (C=O) groups excluding carboxylic acids is 1. The Bertz CT molecular complexity index is 1050. The van der Waals surface area contributed by atoms with Gasteiger partial charge in [0.2, 0.25) is 0 Å². The number of benzene rings is 1. The molecule has 0 aliphatic rings. The molecule has 0 aliphatic heterocycles. The number of halogens is 2. The Hall–Kier alpha value is -2.38. The summed E-state index contributed by atoms with van der Waals surface area (Å²) >= 11 is 11.7. The zero-order chi connectivity index (χ0) is 16.7. The number of rotatable bonds is 3. The number of carbonyl (C=O) groups is 1. The second kappa shape index (κ2) is 5.68. The number of hydrogen-bond donors (Lipinski definition) is 1. The molecule has 0 saturated heterocycles. The first-order valence-electron chi connectivity index (χ1n) is 6.51. The van der Waals surface area contributed by atoms with E-state index in [-0.39, 0.29) is 28.5 Å².